The Morgan fingerprint density at radius 1 is 1.00 bits per heavy atom. The van der Waals surface area contributed by atoms with Crippen LogP contribution in [0.15, 0.2) is 63.9 Å². The van der Waals surface area contributed by atoms with Crippen LogP contribution in [0.2, 0.25) is 0 Å². The molecule has 0 spiro atoms. The number of benzene rings is 2. The molecule has 9 heteroatoms. The van der Waals surface area contributed by atoms with Gasteiger partial charge in [0.15, 0.2) is 15.6 Å². The van der Waals surface area contributed by atoms with Crippen LogP contribution in [0.3, 0.4) is 0 Å². The fraction of sp³-hybridized carbons (Fsp3) is 0.111. The van der Waals surface area contributed by atoms with Crippen LogP contribution in [0.1, 0.15) is 20.9 Å². The number of hydrogen-bond acceptors (Lipinski definition) is 6. The summed E-state index contributed by atoms with van der Waals surface area (Å²) in [5, 5.41) is 11.9. The van der Waals surface area contributed by atoms with Crippen LogP contribution < -0.4 is 10.8 Å². The highest BCUT2D eigenvalue weighted by Crippen LogP contribution is 2.18. The van der Waals surface area contributed by atoms with Gasteiger partial charge in [0.05, 0.1) is 10.6 Å². The lowest BCUT2D eigenvalue weighted by Crippen LogP contribution is -2.28. The molecule has 0 aliphatic rings. The zero-order valence-corrected chi connectivity index (χ0v) is 14.8. The van der Waals surface area contributed by atoms with Gasteiger partial charge in [-0.05, 0) is 36.4 Å². The third-order valence-electron chi connectivity index (χ3n) is 3.88. The van der Waals surface area contributed by atoms with Crippen molar-refractivity contribution in [1.29, 1.82) is 0 Å². The highest BCUT2D eigenvalue weighted by atomic mass is 32.2. The third-order valence-corrected chi connectivity index (χ3v) is 5.61. The molecule has 0 saturated carbocycles. The SMILES string of the molecule is O=C(NO)c1ccc(S(=O)(=O)CCNC(=O)c2cc3ccccc3o2)cc1. The molecule has 0 bridgehead atoms. The number of nitrogens with one attached hydrogen (secondary N) is 2. The number of para-hydroxylation sites is 1. The zero-order chi connectivity index (χ0) is 19.4. The van der Waals surface area contributed by atoms with Crippen molar-refractivity contribution in [1.82, 2.24) is 10.8 Å². The summed E-state index contributed by atoms with van der Waals surface area (Å²) in [6, 6.07) is 13.8. The minimum absolute atomic E-state index is 0.00924. The lowest BCUT2D eigenvalue weighted by Gasteiger charge is -2.06. The first kappa shape index (κ1) is 18.6. The number of fused-ring (bicyclic) bond motifs is 1. The number of carbonyl (C=O) groups is 2. The van der Waals surface area contributed by atoms with Crippen molar-refractivity contribution in [3.05, 3.63) is 65.9 Å². The molecular weight excluding hydrogens is 372 g/mol. The number of furan rings is 1. The van der Waals surface area contributed by atoms with E-state index in [1.807, 2.05) is 6.07 Å². The van der Waals surface area contributed by atoms with Crippen LogP contribution in [0.5, 0.6) is 0 Å². The van der Waals surface area contributed by atoms with Gasteiger partial charge in [0.1, 0.15) is 5.58 Å². The largest absolute Gasteiger partial charge is 0.451 e. The lowest BCUT2D eigenvalue weighted by atomic mass is 10.2. The van der Waals surface area contributed by atoms with Crippen LogP contribution in [0, 0.1) is 0 Å². The van der Waals surface area contributed by atoms with Crippen LogP contribution >= 0.6 is 0 Å². The van der Waals surface area contributed by atoms with Crippen molar-refractivity contribution in [2.45, 2.75) is 4.90 Å². The van der Waals surface area contributed by atoms with Crippen LogP contribution in [0.25, 0.3) is 11.0 Å². The Morgan fingerprint density at radius 3 is 2.37 bits per heavy atom. The van der Waals surface area contributed by atoms with Gasteiger partial charge in [-0.1, -0.05) is 18.2 Å². The van der Waals surface area contributed by atoms with Crippen molar-refractivity contribution in [2.75, 3.05) is 12.3 Å². The standard InChI is InChI=1S/C18H16N2O6S/c21-17(20-23)12-5-7-14(8-6-12)27(24,25)10-9-19-18(22)16-11-13-3-1-2-4-15(13)26-16/h1-8,11,23H,9-10H2,(H,19,22)(H,20,21). The van der Waals surface area contributed by atoms with E-state index in [0.29, 0.717) is 5.58 Å². The molecule has 3 rings (SSSR count). The van der Waals surface area contributed by atoms with Crippen molar-refractivity contribution in [3.63, 3.8) is 0 Å². The second-order valence-electron chi connectivity index (χ2n) is 5.69. The number of hydroxylamine groups is 1. The Balaban J connectivity index is 1.61. The number of amides is 2. The summed E-state index contributed by atoms with van der Waals surface area (Å²) in [5.74, 6) is -1.45. The predicted octanol–water partition coefficient (Wildman–Crippen LogP) is 1.76. The molecular formula is C18H16N2O6S. The summed E-state index contributed by atoms with van der Waals surface area (Å²) in [7, 11) is -3.65. The van der Waals surface area contributed by atoms with E-state index in [4.69, 9.17) is 9.62 Å². The topological polar surface area (TPSA) is 126 Å². The molecule has 0 fully saturated rings. The molecule has 27 heavy (non-hydrogen) atoms. The monoisotopic (exact) mass is 388 g/mol. The van der Waals surface area contributed by atoms with Crippen molar-refractivity contribution in [3.8, 4) is 0 Å². The maximum absolute atomic E-state index is 12.3. The molecule has 0 aliphatic heterocycles. The summed E-state index contributed by atoms with van der Waals surface area (Å²) in [4.78, 5) is 23.4. The molecule has 0 saturated heterocycles. The quantitative estimate of drug-likeness (QED) is 0.436. The second kappa shape index (κ2) is 7.60. The van der Waals surface area contributed by atoms with Gasteiger partial charge in [-0.15, -0.1) is 0 Å². The summed E-state index contributed by atoms with van der Waals surface area (Å²) in [6.45, 7) is -0.100. The first-order chi connectivity index (χ1) is 12.9. The first-order valence-electron chi connectivity index (χ1n) is 7.95. The average Bonchev–Trinajstić information content (AvgIpc) is 3.11. The summed E-state index contributed by atoms with van der Waals surface area (Å²) >= 11 is 0. The maximum Gasteiger partial charge on any atom is 0.287 e. The van der Waals surface area contributed by atoms with Gasteiger partial charge < -0.3 is 9.73 Å². The maximum atomic E-state index is 12.3. The summed E-state index contributed by atoms with van der Waals surface area (Å²) in [6.07, 6.45) is 0. The fourth-order valence-electron chi connectivity index (χ4n) is 2.48. The van der Waals surface area contributed by atoms with Gasteiger partial charge in [-0.3, -0.25) is 14.8 Å². The summed E-state index contributed by atoms with van der Waals surface area (Å²) in [5.41, 5.74) is 2.16. The van der Waals surface area contributed by atoms with E-state index in [1.54, 1.807) is 24.3 Å². The molecule has 3 N–H and O–H groups in total. The first-order valence-corrected chi connectivity index (χ1v) is 9.60. The molecule has 140 valence electrons. The Morgan fingerprint density at radius 2 is 1.70 bits per heavy atom. The van der Waals surface area contributed by atoms with Gasteiger partial charge >= 0.3 is 0 Å². The van der Waals surface area contributed by atoms with Gasteiger partial charge in [0.25, 0.3) is 11.8 Å². The fourth-order valence-corrected chi connectivity index (χ4v) is 3.63. The van der Waals surface area contributed by atoms with E-state index in [-0.39, 0.29) is 28.5 Å². The van der Waals surface area contributed by atoms with Crippen LogP contribution in [0.4, 0.5) is 0 Å². The minimum atomic E-state index is -3.65. The van der Waals surface area contributed by atoms with Crippen molar-refractivity contribution >= 4 is 32.6 Å². The highest BCUT2D eigenvalue weighted by molar-refractivity contribution is 7.91. The molecule has 8 nitrogen and oxygen atoms in total. The zero-order valence-electron chi connectivity index (χ0n) is 14.0. The molecule has 0 unspecified atom stereocenters. The Hall–Kier alpha value is -3.17. The van der Waals surface area contributed by atoms with Crippen molar-refractivity contribution in [2.24, 2.45) is 0 Å². The number of sulfone groups is 1. The van der Waals surface area contributed by atoms with Gasteiger partial charge in [0, 0.05) is 17.5 Å². The Bertz CT molecular complexity index is 1050. The summed E-state index contributed by atoms with van der Waals surface area (Å²) < 4.78 is 30.1. The molecule has 2 aromatic carbocycles. The van der Waals surface area contributed by atoms with Crippen LogP contribution in [-0.2, 0) is 9.84 Å². The van der Waals surface area contributed by atoms with Crippen LogP contribution in [-0.4, -0.2) is 37.7 Å². The Kier molecular flexibility index (Phi) is 5.24. The smallest absolute Gasteiger partial charge is 0.287 e. The molecule has 0 atom stereocenters. The highest BCUT2D eigenvalue weighted by Gasteiger charge is 2.17. The second-order valence-corrected chi connectivity index (χ2v) is 7.80. The normalized spacial score (nSPS) is 11.3. The van der Waals surface area contributed by atoms with Gasteiger partial charge in [-0.2, -0.15) is 0 Å². The number of hydrogen-bond donors (Lipinski definition) is 3. The number of rotatable bonds is 6. The van der Waals surface area contributed by atoms with Gasteiger partial charge in [0.2, 0.25) is 0 Å². The van der Waals surface area contributed by atoms with Gasteiger partial charge in [-0.25, -0.2) is 13.9 Å². The average molecular weight is 388 g/mol. The molecule has 3 aromatic rings. The van der Waals surface area contributed by atoms with E-state index < -0.39 is 21.7 Å². The predicted molar refractivity (Wildman–Crippen MR) is 96.3 cm³/mol. The molecule has 1 aromatic heterocycles. The van der Waals surface area contributed by atoms with E-state index in [0.717, 1.165) is 5.39 Å². The Labute approximate surface area is 154 Å². The molecule has 1 heterocycles. The van der Waals surface area contributed by atoms with E-state index in [2.05, 4.69) is 5.32 Å². The van der Waals surface area contributed by atoms with E-state index in [1.165, 1.54) is 29.7 Å². The third kappa shape index (κ3) is 4.15. The number of carbonyl (C=O) groups excluding carboxylic acids is 2. The van der Waals surface area contributed by atoms with E-state index in [9.17, 15) is 18.0 Å². The molecule has 0 aliphatic carbocycles. The molecule has 2 amide bonds. The molecule has 0 radical (unpaired) electrons. The van der Waals surface area contributed by atoms with E-state index >= 15 is 0 Å². The minimum Gasteiger partial charge on any atom is -0.451 e. The van der Waals surface area contributed by atoms with Crippen molar-refractivity contribution < 1.29 is 27.6 Å². The lowest BCUT2D eigenvalue weighted by molar-refractivity contribution is 0.0706.